The van der Waals surface area contributed by atoms with E-state index in [0.717, 1.165) is 11.3 Å². The predicted molar refractivity (Wildman–Crippen MR) is 78.7 cm³/mol. The highest BCUT2D eigenvalue weighted by Crippen LogP contribution is 2.22. The fraction of sp³-hybridized carbons (Fsp3) is 0.214. The molecular weight excluding hydrogens is 272 g/mol. The highest BCUT2D eigenvalue weighted by molar-refractivity contribution is 7.98. The van der Waals surface area contributed by atoms with Gasteiger partial charge in [-0.1, -0.05) is 12.1 Å². The molecule has 6 heteroatoms. The molecule has 0 saturated heterocycles. The highest BCUT2D eigenvalue weighted by atomic mass is 32.2. The van der Waals surface area contributed by atoms with Crippen molar-refractivity contribution in [3.8, 4) is 11.3 Å². The Balaban J connectivity index is 2.09. The smallest absolute Gasteiger partial charge is 0.253 e. The molecule has 20 heavy (non-hydrogen) atoms. The molecule has 0 atom stereocenters. The summed E-state index contributed by atoms with van der Waals surface area (Å²) in [5, 5.41) is 4.43. The first-order chi connectivity index (χ1) is 9.81. The molecule has 1 aromatic carbocycles. The summed E-state index contributed by atoms with van der Waals surface area (Å²) in [6, 6.07) is 10.3. The van der Waals surface area contributed by atoms with Crippen molar-refractivity contribution in [2.24, 2.45) is 0 Å². The third-order valence-electron chi connectivity index (χ3n) is 2.94. The van der Waals surface area contributed by atoms with Crippen molar-refractivity contribution in [2.45, 2.75) is 11.5 Å². The molecule has 0 N–H and O–H groups in total. The number of rotatable bonds is 4. The van der Waals surface area contributed by atoms with Crippen LogP contribution in [0, 0.1) is 0 Å². The molecule has 102 valence electrons. The number of hydrogen-bond donors (Lipinski definition) is 0. The van der Waals surface area contributed by atoms with Crippen molar-refractivity contribution in [1.29, 1.82) is 0 Å². The first-order valence-electron chi connectivity index (χ1n) is 6.16. The molecule has 5 nitrogen and oxygen atoms in total. The minimum Gasteiger partial charge on any atom is -0.377 e. The summed E-state index contributed by atoms with van der Waals surface area (Å²) in [7, 11) is 1.63. The minimum absolute atomic E-state index is 0.383. The molecule has 0 aliphatic rings. The van der Waals surface area contributed by atoms with Crippen LogP contribution in [0.3, 0.4) is 0 Å². The van der Waals surface area contributed by atoms with E-state index in [-0.39, 0.29) is 0 Å². The molecule has 0 aliphatic carbocycles. The van der Waals surface area contributed by atoms with Crippen molar-refractivity contribution in [3.63, 3.8) is 0 Å². The summed E-state index contributed by atoms with van der Waals surface area (Å²) >= 11 is 1.72. The molecule has 0 saturated carbocycles. The van der Waals surface area contributed by atoms with Crippen molar-refractivity contribution in [3.05, 3.63) is 42.4 Å². The summed E-state index contributed by atoms with van der Waals surface area (Å²) in [4.78, 5) is 9.80. The van der Waals surface area contributed by atoms with E-state index in [1.54, 1.807) is 29.6 Å². The van der Waals surface area contributed by atoms with Gasteiger partial charge in [-0.3, -0.25) is 0 Å². The van der Waals surface area contributed by atoms with E-state index in [4.69, 9.17) is 4.74 Å². The maximum Gasteiger partial charge on any atom is 0.253 e. The van der Waals surface area contributed by atoms with Gasteiger partial charge in [-0.25, -0.2) is 4.98 Å². The summed E-state index contributed by atoms with van der Waals surface area (Å²) in [6.45, 7) is 0.383. The fourth-order valence-electron chi connectivity index (χ4n) is 2.01. The normalized spacial score (nSPS) is 11.1. The van der Waals surface area contributed by atoms with Gasteiger partial charge in [0, 0.05) is 23.8 Å². The van der Waals surface area contributed by atoms with E-state index in [1.165, 1.54) is 4.90 Å². The van der Waals surface area contributed by atoms with E-state index >= 15 is 0 Å². The van der Waals surface area contributed by atoms with Crippen LogP contribution in [-0.2, 0) is 11.3 Å². The number of methoxy groups -OCH3 is 1. The quantitative estimate of drug-likeness (QED) is 0.690. The van der Waals surface area contributed by atoms with E-state index in [2.05, 4.69) is 45.6 Å². The van der Waals surface area contributed by atoms with Crippen LogP contribution in [0.4, 0.5) is 0 Å². The maximum absolute atomic E-state index is 5.06. The monoisotopic (exact) mass is 286 g/mol. The number of aromatic nitrogens is 4. The molecule has 0 aliphatic heterocycles. The average molecular weight is 286 g/mol. The zero-order valence-electron chi connectivity index (χ0n) is 11.3. The van der Waals surface area contributed by atoms with Crippen LogP contribution in [-0.4, -0.2) is 32.9 Å². The Kier molecular flexibility index (Phi) is 3.66. The lowest BCUT2D eigenvalue weighted by Crippen LogP contribution is -1.96. The SMILES string of the molecule is COCc1nc2nccc(-c3ccc(SC)cc3)n2n1. The second-order valence-electron chi connectivity index (χ2n) is 4.23. The van der Waals surface area contributed by atoms with Gasteiger partial charge in [0.1, 0.15) is 6.61 Å². The highest BCUT2D eigenvalue weighted by Gasteiger charge is 2.09. The Morgan fingerprint density at radius 1 is 1.20 bits per heavy atom. The summed E-state index contributed by atoms with van der Waals surface area (Å²) in [5.41, 5.74) is 2.06. The number of benzene rings is 1. The number of hydrogen-bond acceptors (Lipinski definition) is 5. The lowest BCUT2D eigenvalue weighted by Gasteiger charge is -2.04. The Bertz CT molecular complexity index is 724. The molecule has 2 heterocycles. The minimum atomic E-state index is 0.383. The van der Waals surface area contributed by atoms with Gasteiger partial charge in [0.2, 0.25) is 0 Å². The van der Waals surface area contributed by atoms with Crippen molar-refractivity contribution >= 4 is 17.5 Å². The van der Waals surface area contributed by atoms with Gasteiger partial charge in [-0.05, 0) is 24.5 Å². The van der Waals surface area contributed by atoms with Crippen LogP contribution in [0.5, 0.6) is 0 Å². The maximum atomic E-state index is 5.06. The summed E-state index contributed by atoms with van der Waals surface area (Å²) in [6.07, 6.45) is 3.81. The molecule has 2 aromatic heterocycles. The zero-order valence-corrected chi connectivity index (χ0v) is 12.1. The fourth-order valence-corrected chi connectivity index (χ4v) is 2.41. The van der Waals surface area contributed by atoms with Crippen LogP contribution in [0.15, 0.2) is 41.4 Å². The first kappa shape index (κ1) is 13.1. The Labute approximate surface area is 121 Å². The molecule has 0 radical (unpaired) electrons. The summed E-state index contributed by atoms with van der Waals surface area (Å²) in [5.74, 6) is 1.22. The molecule has 3 rings (SSSR count). The predicted octanol–water partition coefficient (Wildman–Crippen LogP) is 2.66. The van der Waals surface area contributed by atoms with Gasteiger partial charge in [-0.2, -0.15) is 9.50 Å². The molecular formula is C14H14N4OS. The number of fused-ring (bicyclic) bond motifs is 1. The van der Waals surface area contributed by atoms with Gasteiger partial charge in [0.25, 0.3) is 5.78 Å². The second kappa shape index (κ2) is 5.60. The van der Waals surface area contributed by atoms with E-state index in [1.807, 2.05) is 6.07 Å². The molecule has 0 amide bonds. The Morgan fingerprint density at radius 3 is 2.70 bits per heavy atom. The van der Waals surface area contributed by atoms with Crippen LogP contribution >= 0.6 is 11.8 Å². The van der Waals surface area contributed by atoms with Crippen molar-refractivity contribution in [2.75, 3.05) is 13.4 Å². The third kappa shape index (κ3) is 2.39. The molecule has 0 bridgehead atoms. The second-order valence-corrected chi connectivity index (χ2v) is 5.11. The lowest BCUT2D eigenvalue weighted by molar-refractivity contribution is 0.178. The number of ether oxygens (including phenoxy) is 1. The van der Waals surface area contributed by atoms with Crippen molar-refractivity contribution < 1.29 is 4.74 Å². The Hall–Kier alpha value is -1.92. The van der Waals surface area contributed by atoms with E-state index in [9.17, 15) is 0 Å². The van der Waals surface area contributed by atoms with Gasteiger partial charge >= 0.3 is 0 Å². The average Bonchev–Trinajstić information content (AvgIpc) is 2.90. The molecule has 0 unspecified atom stereocenters. The first-order valence-corrected chi connectivity index (χ1v) is 7.38. The van der Waals surface area contributed by atoms with E-state index in [0.29, 0.717) is 18.2 Å². The number of nitrogens with zero attached hydrogens (tertiary/aromatic N) is 4. The van der Waals surface area contributed by atoms with Crippen LogP contribution in [0.25, 0.3) is 17.0 Å². The molecule has 0 spiro atoms. The topological polar surface area (TPSA) is 52.3 Å². The molecule has 0 fully saturated rings. The lowest BCUT2D eigenvalue weighted by atomic mass is 10.1. The zero-order chi connectivity index (χ0) is 13.9. The van der Waals surface area contributed by atoms with Crippen LogP contribution in [0.2, 0.25) is 0 Å². The van der Waals surface area contributed by atoms with Gasteiger partial charge in [0.05, 0.1) is 5.69 Å². The van der Waals surface area contributed by atoms with E-state index < -0.39 is 0 Å². The number of thioether (sulfide) groups is 1. The van der Waals surface area contributed by atoms with Gasteiger partial charge in [0.15, 0.2) is 5.82 Å². The third-order valence-corrected chi connectivity index (χ3v) is 3.69. The molecule has 3 aromatic rings. The van der Waals surface area contributed by atoms with Crippen molar-refractivity contribution in [1.82, 2.24) is 19.6 Å². The van der Waals surface area contributed by atoms with Gasteiger partial charge < -0.3 is 4.74 Å². The standard InChI is InChI=1S/C14H14N4OS/c1-19-9-13-16-14-15-8-7-12(18(14)17-13)10-3-5-11(20-2)6-4-10/h3-8H,9H2,1-2H3. The van der Waals surface area contributed by atoms with Crippen LogP contribution in [0.1, 0.15) is 5.82 Å². The largest absolute Gasteiger partial charge is 0.377 e. The van der Waals surface area contributed by atoms with Crippen LogP contribution < -0.4 is 0 Å². The summed E-state index contributed by atoms with van der Waals surface area (Å²) < 4.78 is 6.82. The Morgan fingerprint density at radius 2 is 2.00 bits per heavy atom. The van der Waals surface area contributed by atoms with Gasteiger partial charge in [-0.15, -0.1) is 16.9 Å².